The molecule has 1 aromatic rings. The van der Waals surface area contributed by atoms with Crippen LogP contribution in [-0.2, 0) is 0 Å². The van der Waals surface area contributed by atoms with Crippen LogP contribution in [-0.4, -0.2) is 29.2 Å². The molecule has 0 amide bonds. The third-order valence-corrected chi connectivity index (χ3v) is 1.62. The molecule has 6 heteroatoms. The summed E-state index contributed by atoms with van der Waals surface area (Å²) in [4.78, 5) is 3.71. The van der Waals surface area contributed by atoms with Gasteiger partial charge in [-0.05, 0) is 6.07 Å². The molecule has 0 aromatic carbocycles. The Morgan fingerprint density at radius 3 is 2.86 bits per heavy atom. The van der Waals surface area contributed by atoms with Gasteiger partial charge in [0, 0.05) is 6.20 Å². The molecule has 4 N–H and O–H groups in total. The van der Waals surface area contributed by atoms with Gasteiger partial charge in [-0.2, -0.15) is 0 Å². The summed E-state index contributed by atoms with van der Waals surface area (Å²) in [6.45, 7) is -1.84. The lowest BCUT2D eigenvalue weighted by atomic mass is 10.3. The van der Waals surface area contributed by atoms with Crippen molar-refractivity contribution >= 4 is 11.4 Å². The van der Waals surface area contributed by atoms with E-state index in [9.17, 15) is 8.78 Å². The van der Waals surface area contributed by atoms with Crippen molar-refractivity contribution in [3.8, 4) is 0 Å². The molecule has 0 bridgehead atoms. The highest BCUT2D eigenvalue weighted by Crippen LogP contribution is 2.18. The Balaban J connectivity index is 2.58. The minimum Gasteiger partial charge on any atom is -0.396 e. The van der Waals surface area contributed by atoms with E-state index in [1.54, 1.807) is 0 Å². The summed E-state index contributed by atoms with van der Waals surface area (Å²) >= 11 is 0. The fraction of sp³-hybridized carbons (Fsp3) is 0.375. The lowest BCUT2D eigenvalue weighted by Crippen LogP contribution is -2.31. The molecule has 0 aliphatic carbocycles. The molecule has 14 heavy (non-hydrogen) atoms. The fourth-order valence-corrected chi connectivity index (χ4v) is 0.848. The minimum absolute atomic E-state index is 0.293. The van der Waals surface area contributed by atoms with Crippen molar-refractivity contribution in [2.45, 2.75) is 5.92 Å². The van der Waals surface area contributed by atoms with Gasteiger partial charge in [0.15, 0.2) is 0 Å². The van der Waals surface area contributed by atoms with Gasteiger partial charge in [0.1, 0.15) is 6.61 Å². The third kappa shape index (κ3) is 2.81. The van der Waals surface area contributed by atoms with Crippen LogP contribution >= 0.6 is 0 Å². The number of nitrogens with two attached hydrogens (primary N) is 1. The number of nitrogen functional groups attached to an aromatic ring is 1. The van der Waals surface area contributed by atoms with E-state index in [4.69, 9.17) is 10.8 Å². The summed E-state index contributed by atoms with van der Waals surface area (Å²) in [5, 5.41) is 10.7. The number of halogens is 2. The summed E-state index contributed by atoms with van der Waals surface area (Å²) in [6, 6.07) is 1.49. The van der Waals surface area contributed by atoms with Crippen LogP contribution in [0.15, 0.2) is 18.5 Å². The molecule has 0 unspecified atom stereocenters. The molecule has 0 aliphatic heterocycles. The average Bonchev–Trinajstić information content (AvgIpc) is 2.17. The summed E-state index contributed by atoms with van der Waals surface area (Å²) in [7, 11) is 0. The van der Waals surface area contributed by atoms with Crippen LogP contribution < -0.4 is 11.1 Å². The number of aromatic nitrogens is 1. The first-order valence-electron chi connectivity index (χ1n) is 3.97. The van der Waals surface area contributed by atoms with Crippen LogP contribution in [0, 0.1) is 0 Å². The average molecular weight is 203 g/mol. The van der Waals surface area contributed by atoms with E-state index in [1.807, 2.05) is 0 Å². The number of aliphatic hydroxyl groups is 1. The molecule has 0 saturated carbocycles. The number of anilines is 2. The van der Waals surface area contributed by atoms with Gasteiger partial charge in [-0.25, -0.2) is 8.78 Å². The number of rotatable bonds is 4. The molecule has 78 valence electrons. The Morgan fingerprint density at radius 1 is 1.57 bits per heavy atom. The van der Waals surface area contributed by atoms with Gasteiger partial charge in [0.2, 0.25) is 0 Å². The predicted octanol–water partition coefficient (Wildman–Crippen LogP) is 0.703. The summed E-state index contributed by atoms with van der Waals surface area (Å²) in [6.07, 6.45) is 2.80. The van der Waals surface area contributed by atoms with E-state index in [0.717, 1.165) is 0 Å². The highest BCUT2D eigenvalue weighted by Gasteiger charge is 2.27. The van der Waals surface area contributed by atoms with Crippen LogP contribution in [0.1, 0.15) is 0 Å². The molecule has 4 nitrogen and oxygen atoms in total. The Hall–Kier alpha value is -1.43. The van der Waals surface area contributed by atoms with Gasteiger partial charge in [0.05, 0.1) is 24.1 Å². The lowest BCUT2D eigenvalue weighted by molar-refractivity contribution is -0.0372. The zero-order valence-electron chi connectivity index (χ0n) is 7.37. The van der Waals surface area contributed by atoms with Gasteiger partial charge in [-0.1, -0.05) is 0 Å². The maximum Gasteiger partial charge on any atom is 0.287 e. The summed E-state index contributed by atoms with van der Waals surface area (Å²) in [5.41, 5.74) is 6.13. The topological polar surface area (TPSA) is 71.2 Å². The normalized spacial score (nSPS) is 11.4. The van der Waals surface area contributed by atoms with Crippen molar-refractivity contribution in [2.24, 2.45) is 0 Å². The number of aliphatic hydroxyl groups excluding tert-OH is 1. The van der Waals surface area contributed by atoms with Crippen molar-refractivity contribution < 1.29 is 13.9 Å². The first kappa shape index (κ1) is 10.6. The predicted molar refractivity (Wildman–Crippen MR) is 49.2 cm³/mol. The van der Waals surface area contributed by atoms with Gasteiger partial charge >= 0.3 is 0 Å². The lowest BCUT2D eigenvalue weighted by Gasteiger charge is -2.15. The Morgan fingerprint density at radius 2 is 2.29 bits per heavy atom. The summed E-state index contributed by atoms with van der Waals surface area (Å²) in [5.74, 6) is -3.14. The largest absolute Gasteiger partial charge is 0.396 e. The molecule has 1 heterocycles. The van der Waals surface area contributed by atoms with Crippen molar-refractivity contribution in [1.82, 2.24) is 4.98 Å². The Labute approximate surface area is 79.8 Å². The minimum atomic E-state index is -3.14. The zero-order chi connectivity index (χ0) is 10.6. The number of alkyl halides is 2. The Kier molecular flexibility index (Phi) is 3.19. The number of nitrogens with one attached hydrogen (secondary N) is 1. The molecule has 1 aromatic heterocycles. The van der Waals surface area contributed by atoms with E-state index in [0.29, 0.717) is 11.4 Å². The van der Waals surface area contributed by atoms with Crippen LogP contribution in [0.4, 0.5) is 20.2 Å². The second kappa shape index (κ2) is 4.19. The first-order chi connectivity index (χ1) is 6.55. The van der Waals surface area contributed by atoms with Crippen LogP contribution in [0.3, 0.4) is 0 Å². The second-order valence-corrected chi connectivity index (χ2v) is 2.83. The van der Waals surface area contributed by atoms with E-state index in [2.05, 4.69) is 10.3 Å². The molecular weight excluding hydrogens is 192 g/mol. The third-order valence-electron chi connectivity index (χ3n) is 1.62. The standard InChI is InChI=1S/C8H11F2N3O/c9-8(10,5-14)4-13-7-1-2-12-3-6(7)11/h1-3,14H,4-5,11H2,(H,12,13). The molecule has 0 atom stereocenters. The van der Waals surface area contributed by atoms with E-state index in [1.165, 1.54) is 18.5 Å². The van der Waals surface area contributed by atoms with Crippen molar-refractivity contribution in [1.29, 1.82) is 0 Å². The highest BCUT2D eigenvalue weighted by molar-refractivity contribution is 5.64. The van der Waals surface area contributed by atoms with E-state index >= 15 is 0 Å². The number of nitrogens with zero attached hydrogens (tertiary/aromatic N) is 1. The van der Waals surface area contributed by atoms with E-state index < -0.39 is 19.1 Å². The molecule has 0 saturated heterocycles. The number of hydrogen-bond acceptors (Lipinski definition) is 4. The molecule has 0 aliphatic rings. The maximum absolute atomic E-state index is 12.6. The van der Waals surface area contributed by atoms with Crippen LogP contribution in [0.25, 0.3) is 0 Å². The molecule has 1 rings (SSSR count). The molecular formula is C8H11F2N3O. The monoisotopic (exact) mass is 203 g/mol. The van der Waals surface area contributed by atoms with Gasteiger partial charge in [0.25, 0.3) is 5.92 Å². The number of hydrogen-bond donors (Lipinski definition) is 3. The summed E-state index contributed by atoms with van der Waals surface area (Å²) < 4.78 is 25.2. The van der Waals surface area contributed by atoms with Crippen molar-refractivity contribution in [2.75, 3.05) is 24.2 Å². The van der Waals surface area contributed by atoms with Gasteiger partial charge in [-0.3, -0.25) is 4.98 Å². The molecule has 0 spiro atoms. The van der Waals surface area contributed by atoms with Crippen LogP contribution in [0.2, 0.25) is 0 Å². The SMILES string of the molecule is Nc1cnccc1NCC(F)(F)CO. The fourth-order valence-electron chi connectivity index (χ4n) is 0.848. The van der Waals surface area contributed by atoms with Gasteiger partial charge < -0.3 is 16.2 Å². The Bertz CT molecular complexity index is 306. The smallest absolute Gasteiger partial charge is 0.287 e. The highest BCUT2D eigenvalue weighted by atomic mass is 19.3. The van der Waals surface area contributed by atoms with Gasteiger partial charge in [-0.15, -0.1) is 0 Å². The zero-order valence-corrected chi connectivity index (χ0v) is 7.37. The molecule has 0 fully saturated rings. The first-order valence-corrected chi connectivity index (χ1v) is 3.97. The molecule has 0 radical (unpaired) electrons. The van der Waals surface area contributed by atoms with Crippen LogP contribution in [0.5, 0.6) is 0 Å². The maximum atomic E-state index is 12.6. The quantitative estimate of drug-likeness (QED) is 0.673. The number of pyridine rings is 1. The van der Waals surface area contributed by atoms with Crippen molar-refractivity contribution in [3.05, 3.63) is 18.5 Å². The van der Waals surface area contributed by atoms with Crippen molar-refractivity contribution in [3.63, 3.8) is 0 Å². The second-order valence-electron chi connectivity index (χ2n) is 2.83. The van der Waals surface area contributed by atoms with E-state index in [-0.39, 0.29) is 0 Å².